The molecular weight excluding hydrogens is 274 g/mol. The SMILES string of the molecule is CCOC(=O)C(=O)N(C)c1cccc(Br)c1. The van der Waals surface area contributed by atoms with Crippen LogP contribution < -0.4 is 4.90 Å². The molecule has 1 amide bonds. The van der Waals surface area contributed by atoms with Crippen LogP contribution in [0.3, 0.4) is 0 Å². The molecule has 4 nitrogen and oxygen atoms in total. The van der Waals surface area contributed by atoms with Crippen molar-refractivity contribution in [2.24, 2.45) is 0 Å². The van der Waals surface area contributed by atoms with Gasteiger partial charge < -0.3 is 9.64 Å². The average Bonchev–Trinajstić information content (AvgIpc) is 2.27. The first-order valence-electron chi connectivity index (χ1n) is 4.76. The Morgan fingerprint density at radius 3 is 2.69 bits per heavy atom. The topological polar surface area (TPSA) is 46.6 Å². The summed E-state index contributed by atoms with van der Waals surface area (Å²) in [6.45, 7) is 1.85. The molecule has 1 rings (SSSR count). The van der Waals surface area contributed by atoms with Crippen molar-refractivity contribution in [3.8, 4) is 0 Å². The summed E-state index contributed by atoms with van der Waals surface area (Å²) >= 11 is 3.29. The number of likely N-dealkylation sites (N-methyl/N-ethyl adjacent to an activating group) is 1. The first-order valence-corrected chi connectivity index (χ1v) is 5.56. The van der Waals surface area contributed by atoms with Gasteiger partial charge in [-0.3, -0.25) is 4.79 Å². The normalized spacial score (nSPS) is 9.69. The lowest BCUT2D eigenvalue weighted by Gasteiger charge is -2.16. The van der Waals surface area contributed by atoms with Gasteiger partial charge >= 0.3 is 11.9 Å². The van der Waals surface area contributed by atoms with Gasteiger partial charge in [0.15, 0.2) is 0 Å². The average molecular weight is 286 g/mol. The standard InChI is InChI=1S/C11H12BrNO3/c1-3-16-11(15)10(14)13(2)9-6-4-5-8(12)7-9/h4-7H,3H2,1-2H3. The fraction of sp³-hybridized carbons (Fsp3) is 0.273. The molecule has 0 radical (unpaired) electrons. The van der Waals surface area contributed by atoms with Crippen LogP contribution in [-0.2, 0) is 14.3 Å². The van der Waals surface area contributed by atoms with E-state index in [1.165, 1.54) is 11.9 Å². The molecular formula is C11H12BrNO3. The number of amides is 1. The second-order valence-corrected chi connectivity index (χ2v) is 3.98. The molecule has 0 aliphatic heterocycles. The molecule has 0 aliphatic rings. The van der Waals surface area contributed by atoms with E-state index in [4.69, 9.17) is 0 Å². The minimum absolute atomic E-state index is 0.191. The van der Waals surface area contributed by atoms with Crippen molar-refractivity contribution >= 4 is 33.5 Å². The summed E-state index contributed by atoms with van der Waals surface area (Å²) in [4.78, 5) is 24.1. The summed E-state index contributed by atoms with van der Waals surface area (Å²) in [5.41, 5.74) is 0.632. The zero-order chi connectivity index (χ0) is 12.1. The van der Waals surface area contributed by atoms with Crippen LogP contribution in [-0.4, -0.2) is 25.5 Å². The van der Waals surface area contributed by atoms with E-state index in [0.29, 0.717) is 5.69 Å². The van der Waals surface area contributed by atoms with Crippen LogP contribution in [0.4, 0.5) is 5.69 Å². The van der Waals surface area contributed by atoms with Gasteiger partial charge in [-0.15, -0.1) is 0 Å². The lowest BCUT2D eigenvalue weighted by Crippen LogP contribution is -2.34. The van der Waals surface area contributed by atoms with Crippen molar-refractivity contribution in [1.82, 2.24) is 0 Å². The van der Waals surface area contributed by atoms with Crippen LogP contribution in [0.2, 0.25) is 0 Å². The maximum absolute atomic E-state index is 11.6. The second-order valence-electron chi connectivity index (χ2n) is 3.06. The molecule has 0 N–H and O–H groups in total. The van der Waals surface area contributed by atoms with Gasteiger partial charge in [-0.25, -0.2) is 4.79 Å². The smallest absolute Gasteiger partial charge is 0.397 e. The number of hydrogen-bond acceptors (Lipinski definition) is 3. The third-order valence-electron chi connectivity index (χ3n) is 1.95. The van der Waals surface area contributed by atoms with Crippen molar-refractivity contribution in [1.29, 1.82) is 0 Å². The molecule has 0 heterocycles. The molecule has 0 saturated carbocycles. The largest absolute Gasteiger partial charge is 0.459 e. The van der Waals surface area contributed by atoms with Gasteiger partial charge in [0.1, 0.15) is 0 Å². The summed E-state index contributed by atoms with van der Waals surface area (Å²) in [5, 5.41) is 0. The Morgan fingerprint density at radius 2 is 2.12 bits per heavy atom. The van der Waals surface area contributed by atoms with E-state index < -0.39 is 11.9 Å². The number of benzene rings is 1. The molecule has 0 atom stereocenters. The Labute approximate surface area is 102 Å². The van der Waals surface area contributed by atoms with E-state index in [1.807, 2.05) is 6.07 Å². The molecule has 1 aromatic carbocycles. The highest BCUT2D eigenvalue weighted by atomic mass is 79.9. The summed E-state index contributed by atoms with van der Waals surface area (Å²) in [6.07, 6.45) is 0. The minimum Gasteiger partial charge on any atom is -0.459 e. The Hall–Kier alpha value is -1.36. The van der Waals surface area contributed by atoms with Crippen LogP contribution in [0.15, 0.2) is 28.7 Å². The monoisotopic (exact) mass is 285 g/mol. The number of rotatable bonds is 2. The molecule has 86 valence electrons. The number of halogens is 1. The van der Waals surface area contributed by atoms with E-state index in [9.17, 15) is 9.59 Å². The van der Waals surface area contributed by atoms with Crippen LogP contribution in [0.1, 0.15) is 6.92 Å². The predicted molar refractivity (Wildman–Crippen MR) is 64.2 cm³/mol. The zero-order valence-electron chi connectivity index (χ0n) is 9.07. The lowest BCUT2D eigenvalue weighted by atomic mass is 10.3. The third-order valence-corrected chi connectivity index (χ3v) is 2.44. The van der Waals surface area contributed by atoms with Crippen molar-refractivity contribution < 1.29 is 14.3 Å². The fourth-order valence-corrected chi connectivity index (χ4v) is 1.52. The summed E-state index contributed by atoms with van der Waals surface area (Å²) in [7, 11) is 1.53. The lowest BCUT2D eigenvalue weighted by molar-refractivity contribution is -0.153. The molecule has 0 aliphatic carbocycles. The van der Waals surface area contributed by atoms with E-state index in [-0.39, 0.29) is 6.61 Å². The minimum atomic E-state index is -0.843. The predicted octanol–water partition coefficient (Wildman–Crippen LogP) is 1.97. The zero-order valence-corrected chi connectivity index (χ0v) is 10.7. The Morgan fingerprint density at radius 1 is 1.44 bits per heavy atom. The number of carbonyl (C=O) groups is 2. The maximum atomic E-state index is 11.6. The van der Waals surface area contributed by atoms with Gasteiger partial charge in [0.2, 0.25) is 0 Å². The number of hydrogen-bond donors (Lipinski definition) is 0. The first kappa shape index (κ1) is 12.7. The molecule has 0 spiro atoms. The maximum Gasteiger partial charge on any atom is 0.397 e. The third kappa shape index (κ3) is 3.06. The van der Waals surface area contributed by atoms with Crippen molar-refractivity contribution in [3.63, 3.8) is 0 Å². The van der Waals surface area contributed by atoms with Crippen LogP contribution in [0.5, 0.6) is 0 Å². The second kappa shape index (κ2) is 5.65. The first-order chi connectivity index (χ1) is 7.56. The molecule has 5 heteroatoms. The Kier molecular flexibility index (Phi) is 4.49. The van der Waals surface area contributed by atoms with Crippen LogP contribution in [0, 0.1) is 0 Å². The van der Waals surface area contributed by atoms with E-state index in [1.54, 1.807) is 25.1 Å². The highest BCUT2D eigenvalue weighted by molar-refractivity contribution is 9.10. The Bertz CT molecular complexity index is 406. The Balaban J connectivity index is 2.82. The van der Waals surface area contributed by atoms with E-state index in [0.717, 1.165) is 4.47 Å². The summed E-state index contributed by atoms with van der Waals surface area (Å²) in [6, 6.07) is 7.11. The van der Waals surface area contributed by atoms with Gasteiger partial charge in [0, 0.05) is 17.2 Å². The van der Waals surface area contributed by atoms with E-state index >= 15 is 0 Å². The van der Waals surface area contributed by atoms with E-state index in [2.05, 4.69) is 20.7 Å². The molecule has 16 heavy (non-hydrogen) atoms. The molecule has 0 fully saturated rings. The molecule has 0 aromatic heterocycles. The highest BCUT2D eigenvalue weighted by Gasteiger charge is 2.20. The van der Waals surface area contributed by atoms with Gasteiger partial charge in [-0.05, 0) is 25.1 Å². The molecule has 1 aromatic rings. The van der Waals surface area contributed by atoms with Gasteiger partial charge in [0.25, 0.3) is 0 Å². The number of carbonyl (C=O) groups excluding carboxylic acids is 2. The number of ether oxygens (including phenoxy) is 1. The van der Waals surface area contributed by atoms with Gasteiger partial charge in [-0.1, -0.05) is 22.0 Å². The van der Waals surface area contributed by atoms with Crippen LogP contribution >= 0.6 is 15.9 Å². The van der Waals surface area contributed by atoms with Crippen LogP contribution in [0.25, 0.3) is 0 Å². The number of anilines is 1. The van der Waals surface area contributed by atoms with Gasteiger partial charge in [0.05, 0.1) is 6.61 Å². The number of esters is 1. The fourth-order valence-electron chi connectivity index (χ4n) is 1.13. The molecule has 0 bridgehead atoms. The highest BCUT2D eigenvalue weighted by Crippen LogP contribution is 2.18. The molecule has 0 unspecified atom stereocenters. The van der Waals surface area contributed by atoms with Gasteiger partial charge in [-0.2, -0.15) is 0 Å². The molecule has 0 saturated heterocycles. The summed E-state index contributed by atoms with van der Waals surface area (Å²) in [5.74, 6) is -1.52. The van der Waals surface area contributed by atoms with Crippen molar-refractivity contribution in [3.05, 3.63) is 28.7 Å². The quantitative estimate of drug-likeness (QED) is 0.617. The summed E-state index contributed by atoms with van der Waals surface area (Å²) < 4.78 is 5.48. The van der Waals surface area contributed by atoms with Crippen molar-refractivity contribution in [2.45, 2.75) is 6.92 Å². The number of nitrogens with zero attached hydrogens (tertiary/aromatic N) is 1. The van der Waals surface area contributed by atoms with Crippen molar-refractivity contribution in [2.75, 3.05) is 18.6 Å².